The second-order valence-electron chi connectivity index (χ2n) is 7.82. The highest BCUT2D eigenvalue weighted by molar-refractivity contribution is 5.87. The topological polar surface area (TPSA) is 123 Å². The number of hydrogen-bond acceptors (Lipinski definition) is 8. The highest BCUT2D eigenvalue weighted by atomic mass is 19.1. The van der Waals surface area contributed by atoms with Gasteiger partial charge in [-0.25, -0.2) is 14.4 Å². The summed E-state index contributed by atoms with van der Waals surface area (Å²) in [6, 6.07) is 4.87. The number of nitrogens with one attached hydrogen (secondary N) is 1. The van der Waals surface area contributed by atoms with Crippen LogP contribution >= 0.6 is 0 Å². The van der Waals surface area contributed by atoms with Crippen LogP contribution < -0.4 is 21.9 Å². The molecule has 4 rings (SSSR count). The van der Waals surface area contributed by atoms with Crippen molar-refractivity contribution in [1.29, 1.82) is 0 Å². The number of rotatable bonds is 7. The number of nitrogen functional groups attached to an aromatic ring is 1. The molecular formula is C24H26FN9. The van der Waals surface area contributed by atoms with E-state index in [0.717, 1.165) is 5.70 Å². The summed E-state index contributed by atoms with van der Waals surface area (Å²) in [5.74, 6) is 5.97. The molecule has 34 heavy (non-hydrogen) atoms. The summed E-state index contributed by atoms with van der Waals surface area (Å²) in [5, 5.41) is 4.13. The molecule has 3 heterocycles. The maximum Gasteiger partial charge on any atom is 0.133 e. The Morgan fingerprint density at radius 3 is 2.79 bits per heavy atom. The zero-order valence-electron chi connectivity index (χ0n) is 18.9. The Balaban J connectivity index is 1.66. The molecule has 2 aromatic heterocycles. The van der Waals surface area contributed by atoms with E-state index in [9.17, 15) is 4.39 Å². The minimum absolute atomic E-state index is 0.388. The molecule has 1 aliphatic rings. The van der Waals surface area contributed by atoms with Crippen LogP contribution in [0.3, 0.4) is 0 Å². The lowest BCUT2D eigenvalue weighted by Gasteiger charge is -2.29. The number of aryl methyl sites for hydroxylation is 1. The Morgan fingerprint density at radius 1 is 1.29 bits per heavy atom. The van der Waals surface area contributed by atoms with Crippen molar-refractivity contribution in [1.82, 2.24) is 19.7 Å². The Hall–Kier alpha value is -4.31. The van der Waals surface area contributed by atoms with Gasteiger partial charge < -0.3 is 16.1 Å². The largest absolute Gasteiger partial charge is 0.399 e. The van der Waals surface area contributed by atoms with Gasteiger partial charge in [0.15, 0.2) is 0 Å². The third-order valence-corrected chi connectivity index (χ3v) is 5.58. The number of anilines is 2. The van der Waals surface area contributed by atoms with Gasteiger partial charge in [-0.05, 0) is 12.1 Å². The molecule has 0 atom stereocenters. The fourth-order valence-electron chi connectivity index (χ4n) is 3.81. The molecule has 1 aromatic carbocycles. The second-order valence-corrected chi connectivity index (χ2v) is 7.82. The van der Waals surface area contributed by atoms with E-state index in [1.165, 1.54) is 12.4 Å². The van der Waals surface area contributed by atoms with Crippen molar-refractivity contribution in [3.8, 4) is 11.1 Å². The van der Waals surface area contributed by atoms with Crippen LogP contribution in [-0.2, 0) is 7.05 Å². The molecule has 3 aromatic rings. The molecule has 0 saturated heterocycles. The highest BCUT2D eigenvalue weighted by Crippen LogP contribution is 2.34. The SMILES string of the molecule is C=CC=NC1=C(N)CN(c2cc(C(=C)c3cc(-c4cnn(C)c4)c(F)cc3NN)ncn2)CC1. The van der Waals surface area contributed by atoms with Crippen molar-refractivity contribution in [2.24, 2.45) is 23.6 Å². The van der Waals surface area contributed by atoms with Gasteiger partial charge in [0, 0.05) is 66.5 Å². The van der Waals surface area contributed by atoms with E-state index >= 15 is 0 Å². The second kappa shape index (κ2) is 9.67. The molecule has 9 nitrogen and oxygen atoms in total. The van der Waals surface area contributed by atoms with Crippen molar-refractivity contribution in [3.63, 3.8) is 0 Å². The molecule has 0 radical (unpaired) electrons. The van der Waals surface area contributed by atoms with Crippen LogP contribution in [0, 0.1) is 5.82 Å². The third-order valence-electron chi connectivity index (χ3n) is 5.58. The van der Waals surface area contributed by atoms with Crippen LogP contribution in [0.1, 0.15) is 17.7 Å². The van der Waals surface area contributed by atoms with Gasteiger partial charge in [-0.15, -0.1) is 0 Å². The average Bonchev–Trinajstić information content (AvgIpc) is 3.28. The molecule has 10 heteroatoms. The van der Waals surface area contributed by atoms with E-state index in [1.807, 2.05) is 6.07 Å². The van der Waals surface area contributed by atoms with Crippen molar-refractivity contribution in [3.05, 3.63) is 84.6 Å². The van der Waals surface area contributed by atoms with E-state index < -0.39 is 5.82 Å². The summed E-state index contributed by atoms with van der Waals surface area (Å²) in [6.07, 6.45) is 8.76. The first-order chi connectivity index (χ1) is 16.4. The van der Waals surface area contributed by atoms with Crippen LogP contribution in [-0.4, -0.2) is 39.1 Å². The Labute approximate surface area is 197 Å². The van der Waals surface area contributed by atoms with E-state index in [1.54, 1.807) is 42.5 Å². The zero-order valence-corrected chi connectivity index (χ0v) is 18.9. The molecule has 1 aliphatic heterocycles. The van der Waals surface area contributed by atoms with E-state index in [0.29, 0.717) is 64.7 Å². The molecule has 5 N–H and O–H groups in total. The van der Waals surface area contributed by atoms with Crippen molar-refractivity contribution in [2.45, 2.75) is 6.42 Å². The number of allylic oxidation sites excluding steroid dienone is 1. The highest BCUT2D eigenvalue weighted by Gasteiger charge is 2.20. The number of aliphatic imine (C=N–C) groups is 1. The number of nitrogens with two attached hydrogens (primary N) is 2. The number of aromatic nitrogens is 4. The van der Waals surface area contributed by atoms with E-state index in [-0.39, 0.29) is 0 Å². The Bertz CT molecular complexity index is 1310. The van der Waals surface area contributed by atoms with E-state index in [2.05, 4.69) is 43.5 Å². The molecule has 0 saturated carbocycles. The fraction of sp³-hybridized carbons (Fsp3) is 0.167. The maximum atomic E-state index is 14.8. The Morgan fingerprint density at radius 2 is 2.12 bits per heavy atom. The minimum Gasteiger partial charge on any atom is -0.399 e. The summed E-state index contributed by atoms with van der Waals surface area (Å²) < 4.78 is 16.4. The van der Waals surface area contributed by atoms with Crippen LogP contribution in [0.25, 0.3) is 16.7 Å². The van der Waals surface area contributed by atoms with Crippen molar-refractivity contribution >= 4 is 23.3 Å². The lowest BCUT2D eigenvalue weighted by molar-refractivity contribution is 0.631. The van der Waals surface area contributed by atoms with Gasteiger partial charge in [0.2, 0.25) is 0 Å². The lowest BCUT2D eigenvalue weighted by atomic mass is 9.97. The van der Waals surface area contributed by atoms with Gasteiger partial charge in [0.25, 0.3) is 0 Å². The summed E-state index contributed by atoms with van der Waals surface area (Å²) in [5.41, 5.74) is 13.5. The molecule has 174 valence electrons. The number of halogens is 1. The molecule has 0 amide bonds. The fourth-order valence-corrected chi connectivity index (χ4v) is 3.81. The van der Waals surface area contributed by atoms with Gasteiger partial charge >= 0.3 is 0 Å². The van der Waals surface area contributed by atoms with Crippen molar-refractivity contribution in [2.75, 3.05) is 23.4 Å². The molecular weight excluding hydrogens is 433 g/mol. The first-order valence-electron chi connectivity index (χ1n) is 10.6. The third kappa shape index (κ3) is 4.57. The molecule has 0 fully saturated rings. The molecule has 0 unspecified atom stereocenters. The number of benzene rings is 1. The molecule has 0 bridgehead atoms. The monoisotopic (exact) mass is 459 g/mol. The normalized spacial score (nSPS) is 14.0. The molecule has 0 spiro atoms. The van der Waals surface area contributed by atoms with Crippen LogP contribution in [0.4, 0.5) is 15.9 Å². The van der Waals surface area contributed by atoms with Gasteiger partial charge in [-0.1, -0.05) is 19.2 Å². The maximum absolute atomic E-state index is 14.8. The van der Waals surface area contributed by atoms with Gasteiger partial charge in [-0.2, -0.15) is 5.10 Å². The first-order valence-corrected chi connectivity index (χ1v) is 10.6. The summed E-state index contributed by atoms with van der Waals surface area (Å²) in [6.45, 7) is 9.04. The average molecular weight is 460 g/mol. The molecule has 0 aliphatic carbocycles. The summed E-state index contributed by atoms with van der Waals surface area (Å²) in [4.78, 5) is 15.2. The summed E-state index contributed by atoms with van der Waals surface area (Å²) in [7, 11) is 1.77. The number of nitrogens with zero attached hydrogens (tertiary/aromatic N) is 6. The summed E-state index contributed by atoms with van der Waals surface area (Å²) >= 11 is 0. The van der Waals surface area contributed by atoms with Gasteiger partial charge in [0.1, 0.15) is 18.0 Å². The predicted molar refractivity (Wildman–Crippen MR) is 133 cm³/mol. The number of hydrogen-bond donors (Lipinski definition) is 3. The van der Waals surface area contributed by atoms with Crippen LogP contribution in [0.2, 0.25) is 0 Å². The Kier molecular flexibility index (Phi) is 6.51. The van der Waals surface area contributed by atoms with Crippen LogP contribution in [0.5, 0.6) is 0 Å². The lowest BCUT2D eigenvalue weighted by Crippen LogP contribution is -2.34. The van der Waals surface area contributed by atoms with Crippen LogP contribution in [0.15, 0.2) is 72.5 Å². The predicted octanol–water partition coefficient (Wildman–Crippen LogP) is 3.00. The minimum atomic E-state index is -0.425. The first kappa shape index (κ1) is 22.9. The standard InChI is InChI=1S/C24H26FN9/c1-4-6-28-21-5-7-34(13-20(21)26)24-10-22(29-14-30-24)15(2)17-8-18(16-11-31-33(3)12-16)19(25)9-23(17)32-27/h4,6,8-12,14,32H,1-2,5,7,13,26-27H2,3H3. The van der Waals surface area contributed by atoms with Gasteiger partial charge in [-0.3, -0.25) is 15.5 Å². The quantitative estimate of drug-likeness (QED) is 0.282. The number of hydrazine groups is 1. The van der Waals surface area contributed by atoms with Gasteiger partial charge in [0.05, 0.1) is 29.8 Å². The smallest absolute Gasteiger partial charge is 0.133 e. The zero-order chi connectivity index (χ0) is 24.2. The van der Waals surface area contributed by atoms with E-state index in [4.69, 9.17) is 11.6 Å². The van der Waals surface area contributed by atoms with Crippen molar-refractivity contribution < 1.29 is 4.39 Å².